The molecular weight excluding hydrogens is 520 g/mol. The normalized spacial score (nSPS) is 27.4. The van der Waals surface area contributed by atoms with E-state index in [0.29, 0.717) is 42.4 Å². The Balaban J connectivity index is 1.55. The molecule has 5 rings (SSSR count). The summed E-state index contributed by atoms with van der Waals surface area (Å²) in [4.78, 5) is 52.9. The Labute approximate surface area is 240 Å². The molecular formula is C34H36O7. The second-order valence-corrected chi connectivity index (χ2v) is 12.0. The fraction of sp³-hybridized carbons (Fsp3) is 0.412. The highest BCUT2D eigenvalue weighted by Crippen LogP contribution is 2.62. The summed E-state index contributed by atoms with van der Waals surface area (Å²) >= 11 is 0. The molecule has 0 radical (unpaired) electrons. The summed E-state index contributed by atoms with van der Waals surface area (Å²) in [7, 11) is 0. The number of carboxylic acid groups (broad SMARTS) is 1. The number of carbonyl (C=O) groups is 4. The second-order valence-electron chi connectivity index (χ2n) is 12.0. The summed E-state index contributed by atoms with van der Waals surface area (Å²) < 4.78 is 11.7. The Hall–Kier alpha value is -4.00. The number of carboxylic acids is 1. The lowest BCUT2D eigenvalue weighted by atomic mass is 9.54. The van der Waals surface area contributed by atoms with Gasteiger partial charge < -0.3 is 14.6 Å². The number of allylic oxidation sites excluding steroid dienone is 2. The molecule has 0 aliphatic heterocycles. The van der Waals surface area contributed by atoms with Crippen LogP contribution >= 0.6 is 0 Å². The molecule has 7 nitrogen and oxygen atoms in total. The van der Waals surface area contributed by atoms with Gasteiger partial charge in [0.1, 0.15) is 12.7 Å². The average Bonchev–Trinajstić information content (AvgIpc) is 3.34. The van der Waals surface area contributed by atoms with Gasteiger partial charge >= 0.3 is 17.9 Å². The minimum atomic E-state index is -1.03. The van der Waals surface area contributed by atoms with Crippen molar-refractivity contribution in [3.63, 3.8) is 0 Å². The van der Waals surface area contributed by atoms with E-state index in [1.165, 1.54) is 6.08 Å². The molecule has 214 valence electrons. The lowest BCUT2D eigenvalue weighted by Gasteiger charge is -2.48. The Morgan fingerprint density at radius 1 is 0.927 bits per heavy atom. The molecule has 1 saturated carbocycles. The van der Waals surface area contributed by atoms with Crippen molar-refractivity contribution >= 4 is 23.7 Å². The minimum Gasteiger partial charge on any atom is -0.481 e. The molecule has 0 heterocycles. The number of esters is 2. The molecule has 7 heteroatoms. The van der Waals surface area contributed by atoms with E-state index >= 15 is 0 Å². The highest BCUT2D eigenvalue weighted by atomic mass is 16.6. The van der Waals surface area contributed by atoms with Crippen LogP contribution in [-0.2, 0) is 19.1 Å². The van der Waals surface area contributed by atoms with Gasteiger partial charge in [-0.2, -0.15) is 0 Å². The van der Waals surface area contributed by atoms with E-state index in [2.05, 4.69) is 13.8 Å². The Kier molecular flexibility index (Phi) is 7.73. The fourth-order valence-electron chi connectivity index (χ4n) is 6.94. The van der Waals surface area contributed by atoms with Crippen molar-refractivity contribution < 1.29 is 33.8 Å². The van der Waals surface area contributed by atoms with E-state index in [4.69, 9.17) is 9.47 Å². The zero-order chi connectivity index (χ0) is 29.4. The van der Waals surface area contributed by atoms with Gasteiger partial charge in [-0.3, -0.25) is 9.59 Å². The van der Waals surface area contributed by atoms with Gasteiger partial charge in [0.15, 0.2) is 5.78 Å². The van der Waals surface area contributed by atoms with Crippen molar-refractivity contribution in [1.29, 1.82) is 0 Å². The molecule has 3 aliphatic carbocycles. The third kappa shape index (κ3) is 5.14. The summed E-state index contributed by atoms with van der Waals surface area (Å²) in [5.41, 5.74) is 1.14. The summed E-state index contributed by atoms with van der Waals surface area (Å²) in [5.74, 6) is -2.44. The maximum absolute atomic E-state index is 14.0. The number of fused-ring (bicyclic) bond motifs is 3. The van der Waals surface area contributed by atoms with Crippen molar-refractivity contribution in [2.24, 2.45) is 22.7 Å². The van der Waals surface area contributed by atoms with Crippen molar-refractivity contribution in [2.75, 3.05) is 6.61 Å². The summed E-state index contributed by atoms with van der Waals surface area (Å²) in [6, 6.07) is 17.1. The van der Waals surface area contributed by atoms with Crippen LogP contribution in [0.1, 0.15) is 73.6 Å². The summed E-state index contributed by atoms with van der Waals surface area (Å²) in [6.07, 6.45) is 2.79. The number of rotatable bonds is 7. The van der Waals surface area contributed by atoms with Gasteiger partial charge in [-0.15, -0.1) is 0 Å². The molecule has 3 aliphatic rings. The molecule has 4 unspecified atom stereocenters. The first-order valence-corrected chi connectivity index (χ1v) is 14.3. The third-order valence-corrected chi connectivity index (χ3v) is 9.36. The van der Waals surface area contributed by atoms with E-state index in [9.17, 15) is 24.3 Å². The van der Waals surface area contributed by atoms with Gasteiger partial charge in [-0.25, -0.2) is 9.59 Å². The van der Waals surface area contributed by atoms with Crippen LogP contribution in [0.25, 0.3) is 0 Å². The smallest absolute Gasteiger partial charge is 0.338 e. The van der Waals surface area contributed by atoms with Crippen molar-refractivity contribution in [3.05, 3.63) is 94.6 Å². The van der Waals surface area contributed by atoms with E-state index in [1.54, 1.807) is 60.7 Å². The molecule has 41 heavy (non-hydrogen) atoms. The number of hydrogen-bond acceptors (Lipinski definition) is 6. The molecule has 2 aromatic rings. The lowest BCUT2D eigenvalue weighted by Crippen LogP contribution is -2.48. The molecule has 0 bridgehead atoms. The van der Waals surface area contributed by atoms with Gasteiger partial charge in [0.25, 0.3) is 0 Å². The number of ketones is 1. The standard InChI is InChI=1S/C34H36O7/c1-21(2)25-14-15-34(32(38)39)17-16-33(3)26(29(25)34)19-27(41-31(37)23-12-8-5-9-13-23)24(18-28(33)35)20-40-30(36)22-10-6-4-7-11-22/h4-13,18,21,26-27H,14-17,19-20H2,1-3H3,(H,38,39). The fourth-order valence-corrected chi connectivity index (χ4v) is 6.94. The first-order chi connectivity index (χ1) is 19.6. The summed E-state index contributed by atoms with van der Waals surface area (Å²) in [5, 5.41) is 10.5. The van der Waals surface area contributed by atoms with Gasteiger partial charge in [0, 0.05) is 11.0 Å². The molecule has 0 spiro atoms. The van der Waals surface area contributed by atoms with Crippen LogP contribution in [0.2, 0.25) is 0 Å². The summed E-state index contributed by atoms with van der Waals surface area (Å²) in [6.45, 7) is 5.80. The molecule has 2 aromatic carbocycles. The van der Waals surface area contributed by atoms with Crippen LogP contribution < -0.4 is 0 Å². The molecule has 1 N–H and O–H groups in total. The van der Waals surface area contributed by atoms with E-state index in [-0.39, 0.29) is 24.7 Å². The van der Waals surface area contributed by atoms with Crippen molar-refractivity contribution in [1.82, 2.24) is 0 Å². The Morgan fingerprint density at radius 2 is 1.54 bits per heavy atom. The third-order valence-electron chi connectivity index (χ3n) is 9.36. The predicted molar refractivity (Wildman–Crippen MR) is 152 cm³/mol. The number of carbonyl (C=O) groups excluding carboxylic acids is 3. The molecule has 0 aromatic heterocycles. The molecule has 0 amide bonds. The number of benzene rings is 2. The highest BCUT2D eigenvalue weighted by Gasteiger charge is 2.60. The van der Waals surface area contributed by atoms with E-state index in [0.717, 1.165) is 11.1 Å². The van der Waals surface area contributed by atoms with Crippen LogP contribution in [0.5, 0.6) is 0 Å². The van der Waals surface area contributed by atoms with Crippen LogP contribution in [0.3, 0.4) is 0 Å². The highest BCUT2D eigenvalue weighted by molar-refractivity contribution is 5.98. The number of aliphatic carboxylic acids is 1. The lowest BCUT2D eigenvalue weighted by molar-refractivity contribution is -0.151. The predicted octanol–water partition coefficient (Wildman–Crippen LogP) is 6.20. The topological polar surface area (TPSA) is 107 Å². The minimum absolute atomic E-state index is 0.122. The number of ether oxygens (including phenoxy) is 2. The number of hydrogen-bond donors (Lipinski definition) is 1. The van der Waals surface area contributed by atoms with Crippen LogP contribution in [-0.4, -0.2) is 41.5 Å². The first kappa shape index (κ1) is 28.5. The second kappa shape index (κ2) is 11.1. The van der Waals surface area contributed by atoms with Gasteiger partial charge in [0.2, 0.25) is 0 Å². The van der Waals surface area contributed by atoms with Gasteiger partial charge in [0.05, 0.1) is 16.5 Å². The molecule has 1 fully saturated rings. The maximum Gasteiger partial charge on any atom is 0.338 e. The maximum atomic E-state index is 14.0. The van der Waals surface area contributed by atoms with Gasteiger partial charge in [-0.1, -0.05) is 62.7 Å². The largest absolute Gasteiger partial charge is 0.481 e. The Morgan fingerprint density at radius 3 is 2.12 bits per heavy atom. The van der Waals surface area contributed by atoms with E-state index < -0.39 is 40.8 Å². The van der Waals surface area contributed by atoms with Crippen LogP contribution in [0, 0.1) is 22.7 Å². The SMILES string of the molecule is CC(C)C1=C2C3CC(OC(=O)c4ccccc4)C(COC(=O)c4ccccc4)=CC(=O)C3(C)CCC2(C(=O)O)CC1. The first-order valence-electron chi connectivity index (χ1n) is 14.3. The van der Waals surface area contributed by atoms with Crippen molar-refractivity contribution in [2.45, 2.75) is 59.0 Å². The zero-order valence-corrected chi connectivity index (χ0v) is 23.7. The Bertz CT molecular complexity index is 1420. The quantitative estimate of drug-likeness (QED) is 0.320. The average molecular weight is 557 g/mol. The van der Waals surface area contributed by atoms with Crippen molar-refractivity contribution in [3.8, 4) is 0 Å². The zero-order valence-electron chi connectivity index (χ0n) is 23.7. The van der Waals surface area contributed by atoms with Gasteiger partial charge in [-0.05, 0) is 79.9 Å². The molecule has 4 atom stereocenters. The monoisotopic (exact) mass is 556 g/mol. The molecule has 0 saturated heterocycles. The van der Waals surface area contributed by atoms with E-state index in [1.807, 2.05) is 6.92 Å². The van der Waals surface area contributed by atoms with Crippen LogP contribution in [0.4, 0.5) is 0 Å². The van der Waals surface area contributed by atoms with Crippen LogP contribution in [0.15, 0.2) is 83.5 Å².